The summed E-state index contributed by atoms with van der Waals surface area (Å²) in [6, 6.07) is 32.1. The largest absolute Gasteiger partial charge is 0.0622 e. The number of fused-ring (bicyclic) bond motifs is 1. The first-order valence-electron chi connectivity index (χ1n) is 7.66. The van der Waals surface area contributed by atoms with Crippen LogP contribution in [-0.2, 0) is 0 Å². The van der Waals surface area contributed by atoms with E-state index in [1.165, 1.54) is 33.0 Å². The van der Waals surface area contributed by atoms with Crippen LogP contribution in [0, 0.1) is 0 Å². The molecule has 0 amide bonds. The zero-order chi connectivity index (χ0) is 15.6. The monoisotopic (exact) mass is 358 g/mol. The second-order valence-electron chi connectivity index (χ2n) is 5.59. The van der Waals surface area contributed by atoms with Crippen molar-refractivity contribution in [3.63, 3.8) is 0 Å². The van der Waals surface area contributed by atoms with Crippen LogP contribution in [0.1, 0.15) is 0 Å². The summed E-state index contributed by atoms with van der Waals surface area (Å²) in [4.78, 5) is 0. The van der Waals surface area contributed by atoms with Crippen LogP contribution in [-0.4, -0.2) is 0 Å². The second kappa shape index (κ2) is 6.02. The van der Waals surface area contributed by atoms with Gasteiger partial charge in [0.25, 0.3) is 0 Å². The number of halogens is 1. The van der Waals surface area contributed by atoms with Gasteiger partial charge < -0.3 is 0 Å². The molecule has 0 nitrogen and oxygen atoms in total. The van der Waals surface area contributed by atoms with Gasteiger partial charge in [-0.05, 0) is 45.2 Å². The fourth-order valence-electron chi connectivity index (χ4n) is 3.01. The molecule has 0 aliphatic carbocycles. The lowest BCUT2D eigenvalue weighted by Crippen LogP contribution is -1.84. The lowest BCUT2D eigenvalue weighted by Gasteiger charge is -2.10. The molecule has 0 bridgehead atoms. The normalized spacial score (nSPS) is 10.8. The maximum absolute atomic E-state index is 3.65. The van der Waals surface area contributed by atoms with Gasteiger partial charge in [-0.3, -0.25) is 0 Å². The Bertz CT molecular complexity index is 971. The van der Waals surface area contributed by atoms with Gasteiger partial charge in [-0.1, -0.05) is 94.8 Å². The van der Waals surface area contributed by atoms with Crippen molar-refractivity contribution in [3.8, 4) is 22.3 Å². The molecule has 0 aliphatic rings. The highest BCUT2D eigenvalue weighted by Gasteiger charge is 2.07. The molecule has 0 heterocycles. The first kappa shape index (κ1) is 14.2. The zero-order valence-electron chi connectivity index (χ0n) is 12.5. The van der Waals surface area contributed by atoms with Gasteiger partial charge in [0, 0.05) is 4.47 Å². The van der Waals surface area contributed by atoms with E-state index in [-0.39, 0.29) is 0 Å². The van der Waals surface area contributed by atoms with E-state index < -0.39 is 0 Å². The Morgan fingerprint density at radius 3 is 1.96 bits per heavy atom. The van der Waals surface area contributed by atoms with Crippen molar-refractivity contribution < 1.29 is 0 Å². The average molecular weight is 359 g/mol. The minimum atomic E-state index is 1.14. The molecular weight excluding hydrogens is 344 g/mol. The fraction of sp³-hybridized carbons (Fsp3) is 0. The minimum Gasteiger partial charge on any atom is -0.0622 e. The molecule has 0 saturated carbocycles. The van der Waals surface area contributed by atoms with E-state index in [2.05, 4.69) is 107 Å². The summed E-state index contributed by atoms with van der Waals surface area (Å²) in [6.45, 7) is 0. The number of hydrogen-bond donors (Lipinski definition) is 0. The number of rotatable bonds is 2. The van der Waals surface area contributed by atoms with Gasteiger partial charge in [0.1, 0.15) is 0 Å². The predicted molar refractivity (Wildman–Crippen MR) is 103 cm³/mol. The third-order valence-corrected chi connectivity index (χ3v) is 4.84. The molecule has 23 heavy (non-hydrogen) atoms. The Morgan fingerprint density at radius 1 is 0.478 bits per heavy atom. The standard InChI is InChI=1S/C22H15Br/c23-22-14-13-19(20-11-4-5-12-21(20)22)18-10-6-9-17(15-18)16-7-2-1-3-8-16/h1-15H. The molecule has 0 spiro atoms. The van der Waals surface area contributed by atoms with Crippen molar-refractivity contribution in [3.05, 3.63) is 95.5 Å². The smallest absolute Gasteiger partial charge is 0.0254 e. The Hall–Kier alpha value is -2.38. The minimum absolute atomic E-state index is 1.14. The van der Waals surface area contributed by atoms with Crippen LogP contribution in [0.5, 0.6) is 0 Å². The molecule has 0 aliphatic heterocycles. The maximum Gasteiger partial charge on any atom is 0.0254 e. The first-order chi connectivity index (χ1) is 11.3. The van der Waals surface area contributed by atoms with E-state index in [1.807, 2.05) is 0 Å². The van der Waals surface area contributed by atoms with E-state index in [4.69, 9.17) is 0 Å². The summed E-state index contributed by atoms with van der Waals surface area (Å²) < 4.78 is 1.14. The van der Waals surface area contributed by atoms with Crippen LogP contribution >= 0.6 is 15.9 Å². The van der Waals surface area contributed by atoms with Crippen LogP contribution in [0.25, 0.3) is 33.0 Å². The van der Waals surface area contributed by atoms with Gasteiger partial charge in [-0.2, -0.15) is 0 Å². The molecule has 4 rings (SSSR count). The summed E-state index contributed by atoms with van der Waals surface area (Å²) in [5, 5.41) is 2.52. The van der Waals surface area contributed by atoms with Crippen molar-refractivity contribution in [2.45, 2.75) is 0 Å². The van der Waals surface area contributed by atoms with E-state index >= 15 is 0 Å². The molecule has 4 aromatic carbocycles. The molecule has 0 radical (unpaired) electrons. The Kier molecular flexibility index (Phi) is 3.72. The molecule has 110 valence electrons. The van der Waals surface area contributed by atoms with E-state index in [0.29, 0.717) is 0 Å². The molecule has 0 unspecified atom stereocenters. The zero-order valence-corrected chi connectivity index (χ0v) is 14.1. The Balaban J connectivity index is 1.91. The Morgan fingerprint density at radius 2 is 1.13 bits per heavy atom. The number of benzene rings is 4. The van der Waals surface area contributed by atoms with Crippen LogP contribution in [0.4, 0.5) is 0 Å². The third-order valence-electron chi connectivity index (χ3n) is 4.15. The molecule has 4 aromatic rings. The fourth-order valence-corrected chi connectivity index (χ4v) is 3.49. The van der Waals surface area contributed by atoms with Gasteiger partial charge in [-0.15, -0.1) is 0 Å². The lowest BCUT2D eigenvalue weighted by atomic mass is 9.95. The molecule has 0 fully saturated rings. The van der Waals surface area contributed by atoms with Crippen molar-refractivity contribution in [2.75, 3.05) is 0 Å². The second-order valence-corrected chi connectivity index (χ2v) is 6.44. The molecule has 0 aromatic heterocycles. The lowest BCUT2D eigenvalue weighted by molar-refractivity contribution is 1.60. The predicted octanol–water partition coefficient (Wildman–Crippen LogP) is 6.94. The summed E-state index contributed by atoms with van der Waals surface area (Å²) in [7, 11) is 0. The Labute approximate surface area is 144 Å². The van der Waals surface area contributed by atoms with Crippen molar-refractivity contribution >= 4 is 26.7 Å². The van der Waals surface area contributed by atoms with Crippen LogP contribution in [0.3, 0.4) is 0 Å². The summed E-state index contributed by atoms with van der Waals surface area (Å²) >= 11 is 3.65. The van der Waals surface area contributed by atoms with Gasteiger partial charge in [0.2, 0.25) is 0 Å². The quantitative estimate of drug-likeness (QED) is 0.364. The van der Waals surface area contributed by atoms with Crippen LogP contribution in [0.2, 0.25) is 0 Å². The first-order valence-corrected chi connectivity index (χ1v) is 8.45. The average Bonchev–Trinajstić information content (AvgIpc) is 2.63. The van der Waals surface area contributed by atoms with Gasteiger partial charge in [0.15, 0.2) is 0 Å². The highest BCUT2D eigenvalue weighted by Crippen LogP contribution is 2.34. The highest BCUT2D eigenvalue weighted by molar-refractivity contribution is 9.10. The number of hydrogen-bond acceptors (Lipinski definition) is 0. The maximum atomic E-state index is 3.65. The highest BCUT2D eigenvalue weighted by atomic mass is 79.9. The summed E-state index contributed by atoms with van der Waals surface area (Å²) in [6.07, 6.45) is 0. The van der Waals surface area contributed by atoms with Gasteiger partial charge >= 0.3 is 0 Å². The van der Waals surface area contributed by atoms with E-state index in [9.17, 15) is 0 Å². The van der Waals surface area contributed by atoms with E-state index in [1.54, 1.807) is 0 Å². The third kappa shape index (κ3) is 2.69. The van der Waals surface area contributed by atoms with Gasteiger partial charge in [0.05, 0.1) is 0 Å². The summed E-state index contributed by atoms with van der Waals surface area (Å²) in [5.74, 6) is 0. The molecule has 0 atom stereocenters. The molecular formula is C22H15Br. The van der Waals surface area contributed by atoms with Gasteiger partial charge in [-0.25, -0.2) is 0 Å². The van der Waals surface area contributed by atoms with Crippen LogP contribution < -0.4 is 0 Å². The van der Waals surface area contributed by atoms with Crippen molar-refractivity contribution in [1.29, 1.82) is 0 Å². The SMILES string of the molecule is Brc1ccc(-c2cccc(-c3ccccc3)c2)c2ccccc12. The van der Waals surface area contributed by atoms with Crippen LogP contribution in [0.15, 0.2) is 95.5 Å². The van der Waals surface area contributed by atoms with Crippen molar-refractivity contribution in [2.24, 2.45) is 0 Å². The summed E-state index contributed by atoms with van der Waals surface area (Å²) in [5.41, 5.74) is 5.00. The van der Waals surface area contributed by atoms with Crippen molar-refractivity contribution in [1.82, 2.24) is 0 Å². The van der Waals surface area contributed by atoms with E-state index in [0.717, 1.165) is 4.47 Å². The topological polar surface area (TPSA) is 0 Å². The molecule has 1 heteroatoms. The molecule has 0 saturated heterocycles. The molecule has 0 N–H and O–H groups in total.